The molecule has 0 amide bonds. The Hall–Kier alpha value is -1.35. The van der Waals surface area contributed by atoms with Gasteiger partial charge in [0.1, 0.15) is 11.5 Å². The maximum atomic E-state index is 11.2. The van der Waals surface area contributed by atoms with E-state index in [2.05, 4.69) is 4.90 Å². The molecule has 20 heavy (non-hydrogen) atoms. The van der Waals surface area contributed by atoms with Gasteiger partial charge in [-0.15, -0.1) is 0 Å². The van der Waals surface area contributed by atoms with Gasteiger partial charge in [-0.3, -0.25) is 4.79 Å². The van der Waals surface area contributed by atoms with Crippen molar-refractivity contribution in [3.8, 4) is 5.75 Å². The molecule has 3 heteroatoms. The summed E-state index contributed by atoms with van der Waals surface area (Å²) in [6.07, 6.45) is 5.56. The van der Waals surface area contributed by atoms with E-state index >= 15 is 0 Å². The molecule has 0 N–H and O–H groups in total. The maximum absolute atomic E-state index is 11.2. The van der Waals surface area contributed by atoms with Crippen LogP contribution in [0.15, 0.2) is 24.3 Å². The third-order valence-corrected chi connectivity index (χ3v) is 3.74. The van der Waals surface area contributed by atoms with Gasteiger partial charge in [-0.25, -0.2) is 0 Å². The lowest BCUT2D eigenvalue weighted by Gasteiger charge is -2.26. The third-order valence-electron chi connectivity index (χ3n) is 3.74. The smallest absolute Gasteiger partial charge is 0.134 e. The fourth-order valence-corrected chi connectivity index (χ4v) is 2.71. The van der Waals surface area contributed by atoms with E-state index in [4.69, 9.17) is 4.74 Å². The predicted octanol–water partition coefficient (Wildman–Crippen LogP) is 3.07. The summed E-state index contributed by atoms with van der Waals surface area (Å²) in [6.45, 7) is 5.94. The zero-order valence-electron chi connectivity index (χ0n) is 12.4. The third kappa shape index (κ3) is 4.97. The van der Waals surface area contributed by atoms with Gasteiger partial charge in [-0.1, -0.05) is 24.6 Å². The number of hydrogen-bond acceptors (Lipinski definition) is 3. The molecule has 0 spiro atoms. The first-order chi connectivity index (χ1) is 9.75. The van der Waals surface area contributed by atoms with Crippen LogP contribution in [0.4, 0.5) is 0 Å². The van der Waals surface area contributed by atoms with Crippen LogP contribution in [0.3, 0.4) is 0 Å². The molecule has 0 aliphatic carbocycles. The lowest BCUT2D eigenvalue weighted by Crippen LogP contribution is -2.31. The predicted molar refractivity (Wildman–Crippen MR) is 81.2 cm³/mol. The van der Waals surface area contributed by atoms with Crippen LogP contribution >= 0.6 is 0 Å². The van der Waals surface area contributed by atoms with Crippen LogP contribution < -0.4 is 4.74 Å². The number of rotatable bonds is 7. The number of carbonyl (C=O) groups excluding carboxylic acids is 1. The Morgan fingerprint density at radius 3 is 2.70 bits per heavy atom. The summed E-state index contributed by atoms with van der Waals surface area (Å²) in [5.74, 6) is 1.04. The Kier molecular flexibility index (Phi) is 6.06. The van der Waals surface area contributed by atoms with Crippen molar-refractivity contribution in [1.29, 1.82) is 0 Å². The lowest BCUT2D eigenvalue weighted by molar-refractivity contribution is -0.116. The largest absolute Gasteiger partial charge is 0.493 e. The molecule has 1 aromatic carbocycles. The van der Waals surface area contributed by atoms with Crippen molar-refractivity contribution in [1.82, 2.24) is 4.90 Å². The number of hydrogen-bond donors (Lipinski definition) is 0. The molecule has 1 aliphatic rings. The summed E-state index contributed by atoms with van der Waals surface area (Å²) < 4.78 is 5.85. The van der Waals surface area contributed by atoms with Gasteiger partial charge in [0.25, 0.3) is 0 Å². The molecule has 0 atom stereocenters. The molecule has 1 aromatic rings. The second-order valence-electron chi connectivity index (χ2n) is 5.59. The molecule has 0 aromatic heterocycles. The number of nitrogens with zero attached hydrogens (tertiary/aromatic N) is 1. The van der Waals surface area contributed by atoms with Crippen LogP contribution in [0.1, 0.15) is 38.2 Å². The molecule has 110 valence electrons. The fourth-order valence-electron chi connectivity index (χ4n) is 2.71. The van der Waals surface area contributed by atoms with Crippen LogP contribution in [-0.2, 0) is 11.2 Å². The number of ether oxygens (including phenoxy) is 1. The van der Waals surface area contributed by atoms with Crippen molar-refractivity contribution in [2.45, 2.75) is 39.0 Å². The summed E-state index contributed by atoms with van der Waals surface area (Å²) >= 11 is 0. The number of likely N-dealkylation sites (tertiary alicyclic amines) is 1. The number of benzene rings is 1. The Balaban J connectivity index is 1.74. The van der Waals surface area contributed by atoms with Gasteiger partial charge in [0.2, 0.25) is 0 Å². The highest BCUT2D eigenvalue weighted by Gasteiger charge is 2.10. The highest BCUT2D eigenvalue weighted by Crippen LogP contribution is 2.19. The van der Waals surface area contributed by atoms with E-state index in [9.17, 15) is 4.79 Å². The number of carbonyl (C=O) groups is 1. The molecule has 0 radical (unpaired) electrons. The second kappa shape index (κ2) is 8.05. The summed E-state index contributed by atoms with van der Waals surface area (Å²) in [5, 5.41) is 0. The summed E-state index contributed by atoms with van der Waals surface area (Å²) in [7, 11) is 0. The first kappa shape index (κ1) is 15.0. The van der Waals surface area contributed by atoms with Crippen LogP contribution in [0, 0.1) is 0 Å². The van der Waals surface area contributed by atoms with Gasteiger partial charge >= 0.3 is 0 Å². The SMILES string of the molecule is CC(=O)Cc1ccccc1OCCCN1CCCCC1. The maximum Gasteiger partial charge on any atom is 0.134 e. The molecule has 1 aliphatic heterocycles. The molecule has 1 fully saturated rings. The van der Waals surface area contributed by atoms with Gasteiger partial charge in [0, 0.05) is 18.5 Å². The number of para-hydroxylation sites is 1. The van der Waals surface area contributed by atoms with E-state index in [1.54, 1.807) is 6.92 Å². The van der Waals surface area contributed by atoms with Gasteiger partial charge in [-0.2, -0.15) is 0 Å². The van der Waals surface area contributed by atoms with Gasteiger partial charge in [0.05, 0.1) is 6.61 Å². The van der Waals surface area contributed by atoms with Gasteiger partial charge in [0.15, 0.2) is 0 Å². The monoisotopic (exact) mass is 275 g/mol. The Morgan fingerprint density at radius 1 is 1.20 bits per heavy atom. The average Bonchev–Trinajstić information content (AvgIpc) is 2.46. The lowest BCUT2D eigenvalue weighted by atomic mass is 10.1. The normalized spacial score (nSPS) is 16.1. The molecule has 2 rings (SSSR count). The average molecular weight is 275 g/mol. The van der Waals surface area contributed by atoms with Crippen molar-refractivity contribution in [3.63, 3.8) is 0 Å². The van der Waals surface area contributed by atoms with Crippen LogP contribution in [0.2, 0.25) is 0 Å². The summed E-state index contributed by atoms with van der Waals surface area (Å²) in [4.78, 5) is 13.8. The molecular formula is C17H25NO2. The topological polar surface area (TPSA) is 29.5 Å². The van der Waals surface area contributed by atoms with Gasteiger partial charge < -0.3 is 9.64 Å². The standard InChI is InChI=1S/C17H25NO2/c1-15(19)14-16-8-3-4-9-17(16)20-13-7-12-18-10-5-2-6-11-18/h3-4,8-9H,2,5-7,10-14H2,1H3. The van der Waals surface area contributed by atoms with Crippen molar-refractivity contribution < 1.29 is 9.53 Å². The second-order valence-corrected chi connectivity index (χ2v) is 5.59. The minimum absolute atomic E-state index is 0.175. The fraction of sp³-hybridized carbons (Fsp3) is 0.588. The van der Waals surface area contributed by atoms with E-state index in [0.29, 0.717) is 6.42 Å². The molecule has 0 unspecified atom stereocenters. The Bertz CT molecular complexity index is 425. The quantitative estimate of drug-likeness (QED) is 0.716. The van der Waals surface area contributed by atoms with Gasteiger partial charge in [-0.05, 0) is 45.3 Å². The highest BCUT2D eigenvalue weighted by atomic mass is 16.5. The Labute approximate surface area is 121 Å². The molecule has 1 heterocycles. The van der Waals surface area contributed by atoms with Crippen LogP contribution in [-0.4, -0.2) is 36.9 Å². The number of Topliss-reactive ketones (excluding diaryl/α,β-unsaturated/α-hetero) is 1. The molecule has 1 saturated heterocycles. The minimum atomic E-state index is 0.175. The number of piperidine rings is 1. The summed E-state index contributed by atoms with van der Waals surface area (Å²) in [6, 6.07) is 7.85. The van der Waals surface area contributed by atoms with E-state index in [1.165, 1.54) is 32.4 Å². The van der Waals surface area contributed by atoms with Crippen molar-refractivity contribution >= 4 is 5.78 Å². The molecular weight excluding hydrogens is 250 g/mol. The summed E-state index contributed by atoms with van der Waals surface area (Å²) in [5.41, 5.74) is 0.998. The number of ketones is 1. The van der Waals surface area contributed by atoms with Crippen molar-refractivity contribution in [2.24, 2.45) is 0 Å². The van der Waals surface area contributed by atoms with Crippen molar-refractivity contribution in [2.75, 3.05) is 26.2 Å². The van der Waals surface area contributed by atoms with E-state index < -0.39 is 0 Å². The van der Waals surface area contributed by atoms with Crippen molar-refractivity contribution in [3.05, 3.63) is 29.8 Å². The molecule has 0 bridgehead atoms. The van der Waals surface area contributed by atoms with Crippen LogP contribution in [0.5, 0.6) is 5.75 Å². The van der Waals surface area contributed by atoms with E-state index in [0.717, 1.165) is 30.9 Å². The van der Waals surface area contributed by atoms with Crippen LogP contribution in [0.25, 0.3) is 0 Å². The molecule has 0 saturated carbocycles. The van der Waals surface area contributed by atoms with E-state index in [-0.39, 0.29) is 5.78 Å². The zero-order chi connectivity index (χ0) is 14.2. The minimum Gasteiger partial charge on any atom is -0.493 e. The molecule has 3 nitrogen and oxygen atoms in total. The van der Waals surface area contributed by atoms with E-state index in [1.807, 2.05) is 24.3 Å². The highest BCUT2D eigenvalue weighted by molar-refractivity contribution is 5.78. The first-order valence-electron chi connectivity index (χ1n) is 7.68. The first-order valence-corrected chi connectivity index (χ1v) is 7.68. The zero-order valence-corrected chi connectivity index (χ0v) is 12.4. The Morgan fingerprint density at radius 2 is 1.95 bits per heavy atom.